The lowest BCUT2D eigenvalue weighted by molar-refractivity contribution is -0.143. The van der Waals surface area contributed by atoms with Crippen LogP contribution in [-0.4, -0.2) is 25.5 Å². The second-order valence-electron chi connectivity index (χ2n) is 5.01. The number of ether oxygens (including phenoxy) is 2. The molecule has 2 aromatic carbocycles. The molecule has 0 atom stereocenters. The Hall–Kier alpha value is -2.36. The zero-order chi connectivity index (χ0) is 15.9. The number of esters is 1. The fourth-order valence-electron chi connectivity index (χ4n) is 2.30. The Morgan fingerprint density at radius 1 is 1.00 bits per heavy atom. The first-order valence-electron chi connectivity index (χ1n) is 7.40. The van der Waals surface area contributed by atoms with E-state index in [4.69, 9.17) is 9.47 Å². The maximum Gasteiger partial charge on any atom is 0.305 e. The van der Waals surface area contributed by atoms with E-state index in [0.717, 1.165) is 16.5 Å². The Labute approximate surface area is 130 Å². The number of Topliss-reactive ketones (excluding diaryl/α,β-unsaturated/α-hetero) is 1. The van der Waals surface area contributed by atoms with E-state index in [0.29, 0.717) is 25.0 Å². The number of carbonyl (C=O) groups excluding carboxylic acids is 2. The van der Waals surface area contributed by atoms with Gasteiger partial charge in [-0.3, -0.25) is 9.59 Å². The van der Waals surface area contributed by atoms with Crippen molar-refractivity contribution < 1.29 is 19.1 Å². The van der Waals surface area contributed by atoms with Crippen LogP contribution in [0.2, 0.25) is 0 Å². The topological polar surface area (TPSA) is 52.6 Å². The molecule has 0 aliphatic rings. The van der Waals surface area contributed by atoms with Crippen LogP contribution < -0.4 is 4.74 Å². The average Bonchev–Trinajstić information content (AvgIpc) is 2.54. The van der Waals surface area contributed by atoms with Crippen LogP contribution >= 0.6 is 0 Å². The molecular formula is C18H20O4. The van der Waals surface area contributed by atoms with Crippen molar-refractivity contribution in [2.75, 3.05) is 13.7 Å². The van der Waals surface area contributed by atoms with E-state index in [9.17, 15) is 9.59 Å². The molecule has 0 saturated carbocycles. The van der Waals surface area contributed by atoms with Gasteiger partial charge >= 0.3 is 5.97 Å². The summed E-state index contributed by atoms with van der Waals surface area (Å²) in [5.74, 6) is 0.587. The molecule has 2 rings (SSSR count). The molecule has 2 aromatic rings. The minimum atomic E-state index is -0.249. The molecule has 0 radical (unpaired) electrons. The van der Waals surface area contributed by atoms with Crippen LogP contribution in [0.5, 0.6) is 5.75 Å². The number of carbonyl (C=O) groups is 2. The molecule has 22 heavy (non-hydrogen) atoms. The van der Waals surface area contributed by atoms with E-state index in [1.165, 1.54) is 0 Å². The van der Waals surface area contributed by atoms with E-state index in [2.05, 4.69) is 0 Å². The van der Waals surface area contributed by atoms with Gasteiger partial charge in [-0.15, -0.1) is 0 Å². The maximum absolute atomic E-state index is 12.2. The predicted molar refractivity (Wildman–Crippen MR) is 85.3 cm³/mol. The number of benzene rings is 2. The van der Waals surface area contributed by atoms with Crippen LogP contribution in [0.1, 0.15) is 36.5 Å². The molecule has 0 aliphatic heterocycles. The first kappa shape index (κ1) is 16.0. The van der Waals surface area contributed by atoms with E-state index < -0.39 is 0 Å². The molecule has 0 amide bonds. The van der Waals surface area contributed by atoms with Gasteiger partial charge in [0.2, 0.25) is 0 Å². The van der Waals surface area contributed by atoms with Gasteiger partial charge in [0.1, 0.15) is 5.75 Å². The predicted octanol–water partition coefficient (Wildman–Crippen LogP) is 3.76. The largest absolute Gasteiger partial charge is 0.497 e. The Balaban J connectivity index is 2.01. The summed E-state index contributed by atoms with van der Waals surface area (Å²) in [6, 6.07) is 11.3. The first-order chi connectivity index (χ1) is 10.6. The highest BCUT2D eigenvalue weighted by Gasteiger charge is 2.09. The second kappa shape index (κ2) is 7.59. The minimum absolute atomic E-state index is 0.0435. The van der Waals surface area contributed by atoms with Gasteiger partial charge < -0.3 is 9.47 Å². The van der Waals surface area contributed by atoms with Gasteiger partial charge in [0.05, 0.1) is 13.7 Å². The lowest BCUT2D eigenvalue weighted by Gasteiger charge is -2.05. The normalized spacial score (nSPS) is 10.5. The zero-order valence-corrected chi connectivity index (χ0v) is 12.9. The average molecular weight is 300 g/mol. The van der Waals surface area contributed by atoms with Gasteiger partial charge in [-0.05, 0) is 42.3 Å². The van der Waals surface area contributed by atoms with E-state index >= 15 is 0 Å². The van der Waals surface area contributed by atoms with Crippen LogP contribution in [0.3, 0.4) is 0 Å². The minimum Gasteiger partial charge on any atom is -0.497 e. The summed E-state index contributed by atoms with van der Waals surface area (Å²) in [6.45, 7) is 2.15. The molecule has 0 saturated heterocycles. The number of rotatable bonds is 7. The molecule has 0 N–H and O–H groups in total. The van der Waals surface area contributed by atoms with Crippen LogP contribution in [0.25, 0.3) is 10.8 Å². The summed E-state index contributed by atoms with van der Waals surface area (Å²) in [5.41, 5.74) is 0.668. The molecule has 4 heteroatoms. The number of hydrogen-bond acceptors (Lipinski definition) is 4. The fourth-order valence-corrected chi connectivity index (χ4v) is 2.30. The maximum atomic E-state index is 12.2. The van der Waals surface area contributed by atoms with Crippen molar-refractivity contribution in [1.82, 2.24) is 0 Å². The van der Waals surface area contributed by atoms with E-state index in [-0.39, 0.29) is 18.2 Å². The Kier molecular flexibility index (Phi) is 5.53. The SMILES string of the molecule is CCOC(=O)CCCC(=O)c1ccc2cc(OC)ccc2c1. The van der Waals surface area contributed by atoms with Crippen LogP contribution in [0, 0.1) is 0 Å². The third-order valence-corrected chi connectivity index (χ3v) is 3.46. The van der Waals surface area contributed by atoms with Crippen LogP contribution in [0.4, 0.5) is 0 Å². The van der Waals surface area contributed by atoms with Crippen molar-refractivity contribution in [3.8, 4) is 5.75 Å². The van der Waals surface area contributed by atoms with Crippen LogP contribution in [0.15, 0.2) is 36.4 Å². The quantitative estimate of drug-likeness (QED) is 0.577. The summed E-state index contributed by atoms with van der Waals surface area (Å²) in [4.78, 5) is 23.4. The summed E-state index contributed by atoms with van der Waals surface area (Å²) < 4.78 is 10.0. The smallest absolute Gasteiger partial charge is 0.305 e. The van der Waals surface area contributed by atoms with E-state index in [1.807, 2.05) is 36.4 Å². The Morgan fingerprint density at radius 3 is 2.45 bits per heavy atom. The van der Waals surface area contributed by atoms with Gasteiger partial charge in [-0.2, -0.15) is 0 Å². The lowest BCUT2D eigenvalue weighted by atomic mass is 10.0. The zero-order valence-electron chi connectivity index (χ0n) is 12.9. The number of methoxy groups -OCH3 is 1. The highest BCUT2D eigenvalue weighted by Crippen LogP contribution is 2.22. The molecule has 0 aliphatic carbocycles. The second-order valence-corrected chi connectivity index (χ2v) is 5.01. The molecule has 0 bridgehead atoms. The van der Waals surface area contributed by atoms with Crippen molar-refractivity contribution in [2.24, 2.45) is 0 Å². The number of fused-ring (bicyclic) bond motifs is 1. The number of ketones is 1. The molecule has 0 fully saturated rings. The monoisotopic (exact) mass is 300 g/mol. The Bertz CT molecular complexity index is 676. The number of hydrogen-bond donors (Lipinski definition) is 0. The third kappa shape index (κ3) is 4.07. The van der Waals surface area contributed by atoms with Crippen molar-refractivity contribution in [2.45, 2.75) is 26.2 Å². The van der Waals surface area contributed by atoms with Crippen LogP contribution in [-0.2, 0) is 9.53 Å². The molecular weight excluding hydrogens is 280 g/mol. The summed E-state index contributed by atoms with van der Waals surface area (Å²) in [7, 11) is 1.63. The molecule has 0 heterocycles. The third-order valence-electron chi connectivity index (χ3n) is 3.46. The van der Waals surface area contributed by atoms with Gasteiger partial charge in [-0.25, -0.2) is 0 Å². The van der Waals surface area contributed by atoms with Crippen molar-refractivity contribution in [3.05, 3.63) is 42.0 Å². The van der Waals surface area contributed by atoms with Gasteiger partial charge in [0.15, 0.2) is 5.78 Å². The Morgan fingerprint density at radius 2 is 1.73 bits per heavy atom. The molecule has 116 valence electrons. The highest BCUT2D eigenvalue weighted by molar-refractivity contribution is 6.00. The lowest BCUT2D eigenvalue weighted by Crippen LogP contribution is -2.05. The molecule has 0 unspecified atom stereocenters. The summed E-state index contributed by atoms with van der Waals surface area (Å²) in [5, 5.41) is 2.03. The first-order valence-corrected chi connectivity index (χ1v) is 7.40. The van der Waals surface area contributed by atoms with Crippen molar-refractivity contribution >= 4 is 22.5 Å². The van der Waals surface area contributed by atoms with Crippen molar-refractivity contribution in [3.63, 3.8) is 0 Å². The fraction of sp³-hybridized carbons (Fsp3) is 0.333. The van der Waals surface area contributed by atoms with Gasteiger partial charge in [-0.1, -0.05) is 18.2 Å². The molecule has 4 nitrogen and oxygen atoms in total. The highest BCUT2D eigenvalue weighted by atomic mass is 16.5. The van der Waals surface area contributed by atoms with Gasteiger partial charge in [0.25, 0.3) is 0 Å². The van der Waals surface area contributed by atoms with Gasteiger partial charge in [0, 0.05) is 18.4 Å². The summed E-state index contributed by atoms with van der Waals surface area (Å²) in [6.07, 6.45) is 1.14. The van der Waals surface area contributed by atoms with Crippen molar-refractivity contribution in [1.29, 1.82) is 0 Å². The molecule has 0 spiro atoms. The van der Waals surface area contributed by atoms with E-state index in [1.54, 1.807) is 14.0 Å². The standard InChI is InChI=1S/C18H20O4/c1-3-22-18(20)6-4-5-17(19)15-8-7-14-12-16(21-2)10-9-13(14)11-15/h7-12H,3-6H2,1-2H3. The molecule has 0 aromatic heterocycles. The summed E-state index contributed by atoms with van der Waals surface area (Å²) >= 11 is 0.